The van der Waals surface area contributed by atoms with E-state index in [0.717, 1.165) is 12.1 Å². The van der Waals surface area contributed by atoms with Gasteiger partial charge < -0.3 is 10.6 Å². The molecule has 0 bridgehead atoms. The van der Waals surface area contributed by atoms with Crippen LogP contribution in [0, 0.1) is 5.82 Å². The van der Waals surface area contributed by atoms with Crippen molar-refractivity contribution in [2.75, 3.05) is 12.8 Å². The van der Waals surface area contributed by atoms with Crippen LogP contribution in [0.25, 0.3) is 0 Å². The van der Waals surface area contributed by atoms with Gasteiger partial charge in [0.15, 0.2) is 5.96 Å². The number of rotatable bonds is 6. The van der Waals surface area contributed by atoms with Gasteiger partial charge in [-0.25, -0.2) is 9.38 Å². The van der Waals surface area contributed by atoms with Crippen molar-refractivity contribution < 1.29 is 4.39 Å². The molecule has 0 fully saturated rings. The Balaban J connectivity index is 0.00000288. The first-order chi connectivity index (χ1) is 11.2. The van der Waals surface area contributed by atoms with Gasteiger partial charge in [-0.2, -0.15) is 0 Å². The Morgan fingerprint density at radius 1 is 1.08 bits per heavy atom. The zero-order valence-electron chi connectivity index (χ0n) is 13.9. The van der Waals surface area contributed by atoms with E-state index in [-0.39, 0.29) is 29.8 Å². The van der Waals surface area contributed by atoms with E-state index >= 15 is 0 Å². The highest BCUT2D eigenvalue weighted by molar-refractivity contribution is 14.0. The zero-order valence-corrected chi connectivity index (χ0v) is 17.0. The quantitative estimate of drug-likeness (QED) is 0.291. The Kier molecular flexibility index (Phi) is 9.78. The van der Waals surface area contributed by atoms with E-state index in [4.69, 9.17) is 0 Å². The Labute approximate surface area is 164 Å². The number of nitrogens with one attached hydrogen (secondary N) is 2. The van der Waals surface area contributed by atoms with E-state index in [0.29, 0.717) is 24.6 Å². The molecule has 0 atom stereocenters. The molecule has 24 heavy (non-hydrogen) atoms. The molecule has 130 valence electrons. The Morgan fingerprint density at radius 2 is 1.79 bits per heavy atom. The van der Waals surface area contributed by atoms with E-state index in [2.05, 4.69) is 46.1 Å². The molecule has 3 nitrogen and oxygen atoms in total. The van der Waals surface area contributed by atoms with Crippen molar-refractivity contribution in [1.29, 1.82) is 0 Å². The summed E-state index contributed by atoms with van der Waals surface area (Å²) in [4.78, 5) is 5.79. The highest BCUT2D eigenvalue weighted by Gasteiger charge is 2.02. The molecule has 0 spiro atoms. The Morgan fingerprint density at radius 3 is 2.42 bits per heavy atom. The van der Waals surface area contributed by atoms with Gasteiger partial charge in [0.2, 0.25) is 0 Å². The number of halogens is 2. The molecule has 2 aromatic carbocycles. The Hall–Kier alpha value is -1.28. The molecule has 0 aliphatic rings. The Bertz CT molecular complexity index is 647. The fraction of sp³-hybridized carbons (Fsp3) is 0.278. The van der Waals surface area contributed by atoms with Gasteiger partial charge in [0.25, 0.3) is 0 Å². The molecule has 2 aromatic rings. The van der Waals surface area contributed by atoms with E-state index in [1.807, 2.05) is 13.0 Å². The molecule has 0 unspecified atom stereocenters. The topological polar surface area (TPSA) is 36.4 Å². The summed E-state index contributed by atoms with van der Waals surface area (Å²) in [6.45, 7) is 3.76. The smallest absolute Gasteiger partial charge is 0.191 e. The lowest BCUT2D eigenvalue weighted by molar-refractivity contribution is 0.604. The highest BCUT2D eigenvalue weighted by atomic mass is 127. The fourth-order valence-electron chi connectivity index (χ4n) is 2.06. The largest absolute Gasteiger partial charge is 0.357 e. The van der Waals surface area contributed by atoms with Crippen LogP contribution in [0.2, 0.25) is 0 Å². The number of nitrogens with zero attached hydrogens (tertiary/aromatic N) is 1. The van der Waals surface area contributed by atoms with Crippen molar-refractivity contribution in [2.24, 2.45) is 4.99 Å². The van der Waals surface area contributed by atoms with Crippen LogP contribution in [0.3, 0.4) is 0 Å². The average molecular weight is 459 g/mol. The van der Waals surface area contributed by atoms with Crippen molar-refractivity contribution >= 4 is 41.7 Å². The molecule has 2 N–H and O–H groups in total. The third-order valence-corrected chi connectivity index (χ3v) is 4.07. The first-order valence-corrected chi connectivity index (χ1v) is 8.84. The molecular weight excluding hydrogens is 436 g/mol. The third-order valence-electron chi connectivity index (χ3n) is 3.33. The second-order valence-corrected chi connectivity index (χ2v) is 5.87. The van der Waals surface area contributed by atoms with E-state index in [1.165, 1.54) is 11.0 Å². The summed E-state index contributed by atoms with van der Waals surface area (Å²) in [6, 6.07) is 15.1. The second kappa shape index (κ2) is 11.3. The lowest BCUT2D eigenvalue weighted by Crippen LogP contribution is -2.37. The molecule has 0 aliphatic carbocycles. The lowest BCUT2D eigenvalue weighted by atomic mass is 10.2. The lowest BCUT2D eigenvalue weighted by Gasteiger charge is -2.12. The van der Waals surface area contributed by atoms with Crippen LogP contribution in [-0.4, -0.2) is 18.8 Å². The van der Waals surface area contributed by atoms with Crippen molar-refractivity contribution in [3.63, 3.8) is 0 Å². The van der Waals surface area contributed by atoms with Crippen molar-refractivity contribution in [2.45, 2.75) is 24.9 Å². The summed E-state index contributed by atoms with van der Waals surface area (Å²) in [7, 11) is 0. The average Bonchev–Trinajstić information content (AvgIpc) is 2.59. The predicted molar refractivity (Wildman–Crippen MR) is 112 cm³/mol. The molecule has 0 radical (unpaired) electrons. The maximum Gasteiger partial charge on any atom is 0.191 e. The van der Waals surface area contributed by atoms with Gasteiger partial charge >= 0.3 is 0 Å². The minimum atomic E-state index is -0.205. The van der Waals surface area contributed by atoms with Gasteiger partial charge in [-0.3, -0.25) is 0 Å². The first kappa shape index (κ1) is 20.8. The van der Waals surface area contributed by atoms with Crippen LogP contribution in [0.5, 0.6) is 0 Å². The summed E-state index contributed by atoms with van der Waals surface area (Å²) in [5.41, 5.74) is 1.77. The van der Waals surface area contributed by atoms with Gasteiger partial charge in [-0.05, 0) is 36.9 Å². The number of thioether (sulfide) groups is 1. The van der Waals surface area contributed by atoms with Crippen LogP contribution < -0.4 is 10.6 Å². The zero-order chi connectivity index (χ0) is 16.5. The standard InChI is InChI=1S/C18H22FN3S.HI/c1-3-20-18(22-13-15-6-4-5-7-17(15)19)21-12-14-8-10-16(23-2)11-9-14;/h4-11H,3,12-13H2,1-2H3,(H2,20,21,22);1H. The van der Waals surface area contributed by atoms with Gasteiger partial charge in [0, 0.05) is 23.5 Å². The minimum Gasteiger partial charge on any atom is -0.357 e. The van der Waals surface area contributed by atoms with Gasteiger partial charge in [0.1, 0.15) is 5.82 Å². The van der Waals surface area contributed by atoms with Crippen LogP contribution in [0.1, 0.15) is 18.1 Å². The van der Waals surface area contributed by atoms with Crippen LogP contribution in [0.15, 0.2) is 58.4 Å². The number of aliphatic imine (C=N–C) groups is 1. The number of guanidine groups is 1. The molecule has 0 saturated heterocycles. The van der Waals surface area contributed by atoms with E-state index in [9.17, 15) is 4.39 Å². The second-order valence-electron chi connectivity index (χ2n) is 4.99. The normalized spacial score (nSPS) is 10.9. The molecule has 0 aliphatic heterocycles. The minimum absolute atomic E-state index is 0. The van der Waals surface area contributed by atoms with Gasteiger partial charge in [-0.15, -0.1) is 35.7 Å². The summed E-state index contributed by atoms with van der Waals surface area (Å²) in [5.74, 6) is 0.480. The molecule has 0 aromatic heterocycles. The molecule has 0 heterocycles. The summed E-state index contributed by atoms with van der Waals surface area (Å²) in [5, 5.41) is 6.34. The molecule has 2 rings (SSSR count). The predicted octanol–water partition coefficient (Wildman–Crippen LogP) is 4.42. The number of benzene rings is 2. The first-order valence-electron chi connectivity index (χ1n) is 7.61. The maximum atomic E-state index is 13.6. The molecule has 0 saturated carbocycles. The van der Waals surface area contributed by atoms with E-state index in [1.54, 1.807) is 23.9 Å². The highest BCUT2D eigenvalue weighted by Crippen LogP contribution is 2.15. The molecule has 0 amide bonds. The van der Waals surface area contributed by atoms with Gasteiger partial charge in [-0.1, -0.05) is 30.3 Å². The third kappa shape index (κ3) is 6.68. The number of hydrogen-bond acceptors (Lipinski definition) is 2. The maximum absolute atomic E-state index is 13.6. The molecular formula is C18H23FIN3S. The van der Waals surface area contributed by atoms with E-state index < -0.39 is 0 Å². The fourth-order valence-corrected chi connectivity index (χ4v) is 2.47. The summed E-state index contributed by atoms with van der Waals surface area (Å²) in [6.07, 6.45) is 2.06. The SMILES string of the molecule is CCNC(=NCc1ccc(SC)cc1)NCc1ccccc1F.I. The van der Waals surface area contributed by atoms with Crippen molar-refractivity contribution in [1.82, 2.24) is 10.6 Å². The van der Waals surface area contributed by atoms with Crippen molar-refractivity contribution in [3.8, 4) is 0 Å². The van der Waals surface area contributed by atoms with Crippen molar-refractivity contribution in [3.05, 3.63) is 65.5 Å². The summed E-state index contributed by atoms with van der Waals surface area (Å²) < 4.78 is 13.6. The summed E-state index contributed by atoms with van der Waals surface area (Å²) >= 11 is 1.72. The van der Waals surface area contributed by atoms with Crippen LogP contribution in [-0.2, 0) is 13.1 Å². The number of hydrogen-bond donors (Lipinski definition) is 2. The van der Waals surface area contributed by atoms with Crippen LogP contribution >= 0.6 is 35.7 Å². The monoisotopic (exact) mass is 459 g/mol. The van der Waals surface area contributed by atoms with Gasteiger partial charge in [0.05, 0.1) is 6.54 Å². The molecule has 6 heteroatoms. The van der Waals surface area contributed by atoms with Crippen LogP contribution in [0.4, 0.5) is 4.39 Å².